The van der Waals surface area contributed by atoms with Crippen LogP contribution in [-0.4, -0.2) is 25.3 Å². The van der Waals surface area contributed by atoms with Gasteiger partial charge < -0.3 is 0 Å². The van der Waals surface area contributed by atoms with Crippen molar-refractivity contribution in [2.45, 2.75) is 20.4 Å². The standard InChI is InChI=1S/C22H21FN6O2/c1-13-4-5-14(2)16(10-13)12-29-18-19(28(3)22(31)26-20(18)30)25-21(29)27-24-11-15-6-8-17(23)9-7-15/h4-11H,12H2,1-3H3,(H,25,27)(H,26,30,31). The first kappa shape index (κ1) is 20.3. The van der Waals surface area contributed by atoms with Crippen molar-refractivity contribution < 1.29 is 4.39 Å². The third-order valence-electron chi connectivity index (χ3n) is 5.09. The Morgan fingerprint density at radius 1 is 1.16 bits per heavy atom. The van der Waals surface area contributed by atoms with Gasteiger partial charge in [0.25, 0.3) is 5.56 Å². The Hall–Kier alpha value is -4.01. The SMILES string of the molecule is Cc1ccc(C)c(Cn2c(NN=Cc3ccc(F)cc3)nc3c2c(=O)[nH]c(=O)n3C)c1. The molecule has 0 aliphatic rings. The number of fused-ring (bicyclic) bond motifs is 1. The van der Waals surface area contributed by atoms with E-state index in [1.54, 1.807) is 23.7 Å². The molecule has 0 spiro atoms. The zero-order valence-corrected chi connectivity index (χ0v) is 17.3. The molecule has 0 bridgehead atoms. The summed E-state index contributed by atoms with van der Waals surface area (Å²) in [5.74, 6) is -0.0264. The van der Waals surface area contributed by atoms with Crippen LogP contribution in [0.25, 0.3) is 11.2 Å². The summed E-state index contributed by atoms with van der Waals surface area (Å²) in [6.45, 7) is 4.35. The van der Waals surface area contributed by atoms with E-state index in [2.05, 4.69) is 20.5 Å². The van der Waals surface area contributed by atoms with Crippen molar-refractivity contribution in [3.05, 3.63) is 91.4 Å². The minimum atomic E-state index is -0.546. The Kier molecular flexibility index (Phi) is 5.24. The first-order valence-corrected chi connectivity index (χ1v) is 9.64. The Morgan fingerprint density at radius 3 is 2.65 bits per heavy atom. The highest BCUT2D eigenvalue weighted by atomic mass is 19.1. The molecular formula is C22H21FN6O2. The van der Waals surface area contributed by atoms with Crippen molar-refractivity contribution in [1.29, 1.82) is 0 Å². The van der Waals surface area contributed by atoms with E-state index in [-0.39, 0.29) is 17.0 Å². The highest BCUT2D eigenvalue weighted by Crippen LogP contribution is 2.20. The van der Waals surface area contributed by atoms with E-state index in [0.717, 1.165) is 16.7 Å². The average molecular weight is 420 g/mol. The molecule has 0 radical (unpaired) electrons. The second-order valence-electron chi connectivity index (χ2n) is 7.36. The maximum absolute atomic E-state index is 13.1. The highest BCUT2D eigenvalue weighted by molar-refractivity contribution is 5.80. The van der Waals surface area contributed by atoms with Crippen LogP contribution in [0.5, 0.6) is 0 Å². The van der Waals surface area contributed by atoms with Gasteiger partial charge in [0, 0.05) is 7.05 Å². The van der Waals surface area contributed by atoms with E-state index in [1.165, 1.54) is 22.9 Å². The maximum atomic E-state index is 13.1. The predicted octanol–water partition coefficient (Wildman–Crippen LogP) is 2.67. The largest absolute Gasteiger partial charge is 0.329 e. The predicted molar refractivity (Wildman–Crippen MR) is 118 cm³/mol. The van der Waals surface area contributed by atoms with Crippen LogP contribution in [0, 0.1) is 19.7 Å². The molecule has 4 aromatic rings. The molecule has 4 rings (SSSR count). The molecule has 0 aliphatic heterocycles. The second-order valence-corrected chi connectivity index (χ2v) is 7.36. The van der Waals surface area contributed by atoms with Gasteiger partial charge in [-0.25, -0.2) is 14.6 Å². The van der Waals surface area contributed by atoms with Gasteiger partial charge in [0.15, 0.2) is 11.2 Å². The molecule has 2 heterocycles. The summed E-state index contributed by atoms with van der Waals surface area (Å²) < 4.78 is 16.1. The number of aryl methyl sites for hydroxylation is 3. The van der Waals surface area contributed by atoms with Gasteiger partial charge in [-0.05, 0) is 42.7 Å². The molecule has 2 N–H and O–H groups in total. The molecular weight excluding hydrogens is 399 g/mol. The molecule has 31 heavy (non-hydrogen) atoms. The number of imidazole rings is 1. The molecule has 0 fully saturated rings. The van der Waals surface area contributed by atoms with Gasteiger partial charge in [-0.3, -0.25) is 18.9 Å². The summed E-state index contributed by atoms with van der Waals surface area (Å²) >= 11 is 0. The van der Waals surface area contributed by atoms with E-state index >= 15 is 0 Å². The lowest BCUT2D eigenvalue weighted by Crippen LogP contribution is -2.29. The number of hydrogen-bond donors (Lipinski definition) is 2. The molecule has 0 saturated carbocycles. The first-order chi connectivity index (χ1) is 14.8. The normalized spacial score (nSPS) is 11.5. The molecule has 0 amide bonds. The molecule has 0 saturated heterocycles. The van der Waals surface area contributed by atoms with Crippen LogP contribution in [0.15, 0.2) is 57.2 Å². The van der Waals surface area contributed by atoms with Crippen molar-refractivity contribution in [1.82, 2.24) is 19.1 Å². The lowest BCUT2D eigenvalue weighted by atomic mass is 10.1. The summed E-state index contributed by atoms with van der Waals surface area (Å²) in [7, 11) is 1.54. The topological polar surface area (TPSA) is 97.1 Å². The second kappa shape index (κ2) is 8.02. The number of H-pyrrole nitrogens is 1. The minimum absolute atomic E-state index is 0.249. The number of rotatable bonds is 5. The van der Waals surface area contributed by atoms with Gasteiger partial charge in [0.2, 0.25) is 5.95 Å². The number of hydrazone groups is 1. The molecule has 0 aliphatic carbocycles. The van der Waals surface area contributed by atoms with Gasteiger partial charge in [-0.1, -0.05) is 35.9 Å². The van der Waals surface area contributed by atoms with Crippen molar-refractivity contribution in [2.24, 2.45) is 12.1 Å². The summed E-state index contributed by atoms with van der Waals surface area (Å²) in [5.41, 5.74) is 6.16. The number of benzene rings is 2. The summed E-state index contributed by atoms with van der Waals surface area (Å²) in [4.78, 5) is 31.4. The van der Waals surface area contributed by atoms with Gasteiger partial charge >= 0.3 is 5.69 Å². The quantitative estimate of drug-likeness (QED) is 0.383. The number of aromatic amines is 1. The Labute approximate surface area is 176 Å². The van der Waals surface area contributed by atoms with Crippen molar-refractivity contribution in [2.75, 3.05) is 5.43 Å². The monoisotopic (exact) mass is 420 g/mol. The summed E-state index contributed by atoms with van der Waals surface area (Å²) in [5, 5.41) is 4.18. The van der Waals surface area contributed by atoms with Crippen molar-refractivity contribution >= 4 is 23.3 Å². The van der Waals surface area contributed by atoms with Crippen LogP contribution >= 0.6 is 0 Å². The third kappa shape index (κ3) is 4.02. The molecule has 8 nitrogen and oxygen atoms in total. The maximum Gasteiger partial charge on any atom is 0.329 e. The zero-order chi connectivity index (χ0) is 22.1. The number of hydrogen-bond acceptors (Lipinski definition) is 5. The van der Waals surface area contributed by atoms with Crippen LogP contribution in [0.2, 0.25) is 0 Å². The van der Waals surface area contributed by atoms with Crippen LogP contribution in [0.3, 0.4) is 0 Å². The lowest BCUT2D eigenvalue weighted by Gasteiger charge is -2.11. The lowest BCUT2D eigenvalue weighted by molar-refractivity contribution is 0.628. The molecule has 158 valence electrons. The van der Waals surface area contributed by atoms with E-state index in [9.17, 15) is 14.0 Å². The van der Waals surface area contributed by atoms with Gasteiger partial charge in [0.05, 0.1) is 12.8 Å². The Bertz CT molecular complexity index is 1410. The molecule has 9 heteroatoms. The zero-order valence-electron chi connectivity index (χ0n) is 17.3. The third-order valence-corrected chi connectivity index (χ3v) is 5.09. The van der Waals surface area contributed by atoms with Gasteiger partial charge in [-0.2, -0.15) is 10.1 Å². The fourth-order valence-corrected chi connectivity index (χ4v) is 3.33. The fraction of sp³-hybridized carbons (Fsp3) is 0.182. The molecule has 2 aromatic carbocycles. The number of halogens is 1. The van der Waals surface area contributed by atoms with Gasteiger partial charge in [0.1, 0.15) is 5.82 Å². The molecule has 0 unspecified atom stereocenters. The van der Waals surface area contributed by atoms with Crippen LogP contribution in [0.4, 0.5) is 10.3 Å². The molecule has 2 aromatic heterocycles. The molecule has 0 atom stereocenters. The van der Waals surface area contributed by atoms with E-state index < -0.39 is 11.2 Å². The number of aromatic nitrogens is 4. The van der Waals surface area contributed by atoms with Crippen LogP contribution < -0.4 is 16.7 Å². The fourth-order valence-electron chi connectivity index (χ4n) is 3.33. The Balaban J connectivity index is 1.80. The highest BCUT2D eigenvalue weighted by Gasteiger charge is 2.18. The number of nitrogens with one attached hydrogen (secondary N) is 2. The van der Waals surface area contributed by atoms with Crippen molar-refractivity contribution in [3.63, 3.8) is 0 Å². The van der Waals surface area contributed by atoms with Crippen LogP contribution in [0.1, 0.15) is 22.3 Å². The van der Waals surface area contributed by atoms with E-state index in [0.29, 0.717) is 18.1 Å². The number of nitrogens with zero attached hydrogens (tertiary/aromatic N) is 4. The first-order valence-electron chi connectivity index (χ1n) is 9.64. The van der Waals surface area contributed by atoms with E-state index in [1.807, 2.05) is 32.0 Å². The van der Waals surface area contributed by atoms with E-state index in [4.69, 9.17) is 0 Å². The minimum Gasteiger partial charge on any atom is -0.298 e. The summed E-state index contributed by atoms with van der Waals surface area (Å²) in [6, 6.07) is 11.9. The smallest absolute Gasteiger partial charge is 0.298 e. The Morgan fingerprint density at radius 2 is 1.90 bits per heavy atom. The van der Waals surface area contributed by atoms with Crippen LogP contribution in [-0.2, 0) is 13.6 Å². The summed E-state index contributed by atoms with van der Waals surface area (Å²) in [6.07, 6.45) is 1.52. The van der Waals surface area contributed by atoms with Gasteiger partial charge in [-0.15, -0.1) is 0 Å². The van der Waals surface area contributed by atoms with Crippen molar-refractivity contribution in [3.8, 4) is 0 Å². The number of anilines is 1. The average Bonchev–Trinajstić information content (AvgIpc) is 3.09.